The Hall–Kier alpha value is -2.32. The van der Waals surface area contributed by atoms with Crippen molar-refractivity contribution in [1.82, 2.24) is 0 Å². The largest absolute Gasteiger partial charge is 0.402 e. The number of thiophene rings is 1. The van der Waals surface area contributed by atoms with Crippen molar-refractivity contribution >= 4 is 33.4 Å². The molecule has 2 heterocycles. The van der Waals surface area contributed by atoms with Gasteiger partial charge in [0, 0.05) is 29.3 Å². The fraction of sp³-hybridized carbons (Fsp3) is 0.421. The number of aliphatic imine (C=N–C) groups is 1. The van der Waals surface area contributed by atoms with Crippen LogP contribution in [-0.4, -0.2) is 23.1 Å². The summed E-state index contributed by atoms with van der Waals surface area (Å²) in [6.07, 6.45) is 3.87. The number of hydrogen-bond acceptors (Lipinski definition) is 6. The number of nitrogen functional groups attached to an aromatic ring is 1. The Kier molecular flexibility index (Phi) is 5.05. The molecule has 144 valence electrons. The summed E-state index contributed by atoms with van der Waals surface area (Å²) < 4.78 is 14.3. The molecular formula is C19H24FN5OS. The van der Waals surface area contributed by atoms with Crippen LogP contribution in [0.1, 0.15) is 44.6 Å². The van der Waals surface area contributed by atoms with Crippen LogP contribution in [0.2, 0.25) is 0 Å². The molecule has 0 fully saturated rings. The predicted molar refractivity (Wildman–Crippen MR) is 109 cm³/mol. The highest BCUT2D eigenvalue weighted by molar-refractivity contribution is 7.19. The van der Waals surface area contributed by atoms with Crippen molar-refractivity contribution in [2.45, 2.75) is 39.7 Å². The van der Waals surface area contributed by atoms with Crippen LogP contribution in [0.5, 0.6) is 0 Å². The van der Waals surface area contributed by atoms with Crippen molar-refractivity contribution in [2.24, 2.45) is 26.9 Å². The lowest BCUT2D eigenvalue weighted by atomic mass is 9.88. The van der Waals surface area contributed by atoms with Crippen LogP contribution in [0.25, 0.3) is 5.57 Å². The van der Waals surface area contributed by atoms with E-state index in [-0.39, 0.29) is 5.92 Å². The molecule has 1 aliphatic carbocycles. The summed E-state index contributed by atoms with van der Waals surface area (Å²) in [6.45, 7) is 7.26. The van der Waals surface area contributed by atoms with E-state index in [2.05, 4.69) is 15.2 Å². The molecule has 0 radical (unpaired) electrons. The minimum Gasteiger partial charge on any atom is -0.402 e. The van der Waals surface area contributed by atoms with Crippen molar-refractivity contribution in [3.8, 4) is 0 Å². The lowest BCUT2D eigenvalue weighted by Crippen LogP contribution is -2.24. The number of fused-ring (bicyclic) bond motifs is 1. The van der Waals surface area contributed by atoms with Gasteiger partial charge in [-0.2, -0.15) is 0 Å². The Labute approximate surface area is 161 Å². The molecule has 27 heavy (non-hydrogen) atoms. The van der Waals surface area contributed by atoms with E-state index >= 15 is 0 Å². The first-order valence-corrected chi connectivity index (χ1v) is 9.54. The molecular weight excluding hydrogens is 365 g/mol. The van der Waals surface area contributed by atoms with Crippen molar-refractivity contribution in [2.75, 3.05) is 12.3 Å². The monoisotopic (exact) mass is 389 g/mol. The van der Waals surface area contributed by atoms with E-state index in [1.807, 2.05) is 13.8 Å². The molecule has 2 aliphatic rings. The highest BCUT2D eigenvalue weighted by Crippen LogP contribution is 2.46. The Morgan fingerprint density at radius 1 is 1.41 bits per heavy atom. The summed E-state index contributed by atoms with van der Waals surface area (Å²) in [5, 5.41) is 19.0. The zero-order valence-electron chi connectivity index (χ0n) is 15.9. The van der Waals surface area contributed by atoms with Gasteiger partial charge in [-0.3, -0.25) is 4.99 Å². The maximum atomic E-state index is 14.3. The molecule has 1 aromatic heterocycles. The Balaban J connectivity index is 1.80. The van der Waals surface area contributed by atoms with Crippen LogP contribution in [0.3, 0.4) is 0 Å². The minimum absolute atomic E-state index is 0.0902. The van der Waals surface area contributed by atoms with Gasteiger partial charge in [0.2, 0.25) is 0 Å². The third-order valence-electron chi connectivity index (χ3n) is 4.72. The first-order valence-electron chi connectivity index (χ1n) is 8.72. The van der Waals surface area contributed by atoms with Crippen molar-refractivity contribution in [1.29, 1.82) is 0 Å². The van der Waals surface area contributed by atoms with Crippen molar-refractivity contribution in [3.63, 3.8) is 0 Å². The minimum atomic E-state index is -1.19. The second kappa shape index (κ2) is 7.01. The standard InChI is InChI=1S/C19H24FN5OS/c1-9(10(2)21)14-15-16(27-17(14)22)18(25-24-15)23-8-11-5-6-12(13(20)7-11)19(3,4)26/h6-7,11,26H,5,8,21-22H2,1-4H3. The lowest BCUT2D eigenvalue weighted by molar-refractivity contribution is 0.117. The van der Waals surface area contributed by atoms with Gasteiger partial charge in [0.15, 0.2) is 5.84 Å². The van der Waals surface area contributed by atoms with Crippen molar-refractivity contribution < 1.29 is 9.50 Å². The summed E-state index contributed by atoms with van der Waals surface area (Å²) in [6, 6.07) is 0. The number of hydrogen-bond donors (Lipinski definition) is 3. The number of allylic oxidation sites excluding steroid dienone is 3. The van der Waals surface area contributed by atoms with Gasteiger partial charge < -0.3 is 16.6 Å². The molecule has 0 saturated heterocycles. The van der Waals surface area contributed by atoms with Crippen molar-refractivity contribution in [3.05, 3.63) is 39.7 Å². The van der Waals surface area contributed by atoms with Crippen LogP contribution in [0.4, 0.5) is 15.1 Å². The van der Waals surface area contributed by atoms with E-state index in [0.29, 0.717) is 40.8 Å². The molecule has 0 spiro atoms. The van der Waals surface area contributed by atoms with E-state index in [1.54, 1.807) is 19.9 Å². The third kappa shape index (κ3) is 3.72. The van der Waals surface area contributed by atoms with Crippen LogP contribution >= 0.6 is 11.3 Å². The van der Waals surface area contributed by atoms with Crippen LogP contribution in [-0.2, 0) is 0 Å². The highest BCUT2D eigenvalue weighted by atomic mass is 32.1. The van der Waals surface area contributed by atoms with Gasteiger partial charge in [0.1, 0.15) is 16.4 Å². The zero-order chi connectivity index (χ0) is 19.9. The summed E-state index contributed by atoms with van der Waals surface area (Å²) in [5.74, 6) is 0.0311. The Bertz CT molecular complexity index is 927. The molecule has 1 aromatic rings. The molecule has 1 aliphatic heterocycles. The molecule has 5 N–H and O–H groups in total. The number of azo groups is 1. The average molecular weight is 390 g/mol. The van der Waals surface area contributed by atoms with Crippen LogP contribution in [0.15, 0.2) is 44.5 Å². The molecule has 6 nitrogen and oxygen atoms in total. The Morgan fingerprint density at radius 2 is 2.11 bits per heavy atom. The molecule has 8 heteroatoms. The number of anilines is 1. The molecule has 1 unspecified atom stereocenters. The van der Waals surface area contributed by atoms with Gasteiger partial charge in [-0.1, -0.05) is 6.08 Å². The molecule has 0 aromatic carbocycles. The number of amidine groups is 1. The summed E-state index contributed by atoms with van der Waals surface area (Å²) in [7, 11) is 0. The third-order valence-corrected chi connectivity index (χ3v) is 5.73. The molecule has 3 rings (SSSR count). The van der Waals surface area contributed by atoms with E-state index in [0.717, 1.165) is 16.0 Å². The number of rotatable bonds is 4. The second-order valence-electron chi connectivity index (χ2n) is 7.38. The molecule has 0 saturated carbocycles. The van der Waals surface area contributed by atoms with E-state index in [1.165, 1.54) is 17.4 Å². The lowest BCUT2D eigenvalue weighted by Gasteiger charge is -2.25. The van der Waals surface area contributed by atoms with E-state index < -0.39 is 11.4 Å². The van der Waals surface area contributed by atoms with E-state index in [4.69, 9.17) is 11.5 Å². The predicted octanol–water partition coefficient (Wildman–Crippen LogP) is 4.45. The van der Waals surface area contributed by atoms with Gasteiger partial charge in [0.25, 0.3) is 0 Å². The normalized spacial score (nSPS) is 21.9. The highest BCUT2D eigenvalue weighted by Gasteiger charge is 2.28. The zero-order valence-corrected chi connectivity index (χ0v) is 16.7. The smallest absolute Gasteiger partial charge is 0.189 e. The molecule has 1 atom stereocenters. The topological polar surface area (TPSA) is 109 Å². The number of aliphatic hydroxyl groups is 1. The van der Waals surface area contributed by atoms with Gasteiger partial charge in [-0.15, -0.1) is 21.6 Å². The number of halogens is 1. The fourth-order valence-electron chi connectivity index (χ4n) is 3.10. The van der Waals surface area contributed by atoms with Gasteiger partial charge in [-0.25, -0.2) is 4.39 Å². The van der Waals surface area contributed by atoms with Gasteiger partial charge in [-0.05, 0) is 45.8 Å². The SMILES string of the molecule is CC(N)=C(C)c1c(N)sc2c1N=NC2=NCC1C=C(F)C(C(C)(C)O)=CC1. The van der Waals surface area contributed by atoms with E-state index in [9.17, 15) is 9.50 Å². The summed E-state index contributed by atoms with van der Waals surface area (Å²) in [5.41, 5.74) is 14.3. The first kappa shape index (κ1) is 19.4. The quantitative estimate of drug-likeness (QED) is 0.707. The Morgan fingerprint density at radius 3 is 2.70 bits per heavy atom. The molecule has 0 amide bonds. The summed E-state index contributed by atoms with van der Waals surface area (Å²) >= 11 is 1.38. The van der Waals surface area contributed by atoms with Gasteiger partial charge >= 0.3 is 0 Å². The fourth-order valence-corrected chi connectivity index (χ4v) is 4.10. The summed E-state index contributed by atoms with van der Waals surface area (Å²) in [4.78, 5) is 5.35. The number of nitrogens with two attached hydrogens (primary N) is 2. The first-order chi connectivity index (χ1) is 12.6. The maximum absolute atomic E-state index is 14.3. The van der Waals surface area contributed by atoms with Gasteiger partial charge in [0.05, 0.1) is 10.6 Å². The van der Waals surface area contributed by atoms with Crippen LogP contribution in [0, 0.1) is 5.92 Å². The molecule has 0 bridgehead atoms. The maximum Gasteiger partial charge on any atom is 0.189 e. The average Bonchev–Trinajstić information content (AvgIpc) is 3.08. The number of nitrogens with zero attached hydrogens (tertiary/aromatic N) is 3. The van der Waals surface area contributed by atoms with Crippen LogP contribution < -0.4 is 11.5 Å². The second-order valence-corrected chi connectivity index (χ2v) is 8.43.